The smallest absolute Gasteiger partial charge is 0.243 e. The van der Waals surface area contributed by atoms with Gasteiger partial charge in [-0.05, 0) is 37.3 Å². The van der Waals surface area contributed by atoms with Crippen LogP contribution in [-0.4, -0.2) is 26.2 Å². The van der Waals surface area contributed by atoms with Crippen molar-refractivity contribution >= 4 is 28.9 Å². The molecule has 0 aliphatic heterocycles. The van der Waals surface area contributed by atoms with Crippen LogP contribution in [-0.2, 0) is 4.79 Å². The summed E-state index contributed by atoms with van der Waals surface area (Å²) in [6.45, 7) is 2.60. The molecule has 2 rings (SSSR count). The fourth-order valence-corrected chi connectivity index (χ4v) is 2.28. The van der Waals surface area contributed by atoms with E-state index in [1.165, 1.54) is 0 Å². The van der Waals surface area contributed by atoms with Crippen molar-refractivity contribution in [1.29, 1.82) is 0 Å². The number of para-hydroxylation sites is 2. The van der Waals surface area contributed by atoms with E-state index in [2.05, 4.69) is 10.6 Å². The van der Waals surface area contributed by atoms with Crippen molar-refractivity contribution in [3.63, 3.8) is 0 Å². The van der Waals surface area contributed by atoms with Crippen LogP contribution in [0.3, 0.4) is 0 Å². The molecule has 0 radical (unpaired) electrons. The average Bonchev–Trinajstić information content (AvgIpc) is 2.54. The van der Waals surface area contributed by atoms with Crippen molar-refractivity contribution < 1.29 is 14.3 Å². The summed E-state index contributed by atoms with van der Waals surface area (Å²) >= 11 is 6.03. The Labute approximate surface area is 140 Å². The molecule has 5 nitrogen and oxygen atoms in total. The molecule has 122 valence electrons. The molecule has 1 amide bonds. The number of hydrogen-bond acceptors (Lipinski definition) is 4. The summed E-state index contributed by atoms with van der Waals surface area (Å²) in [5, 5.41) is 6.28. The van der Waals surface area contributed by atoms with E-state index in [0.717, 1.165) is 11.4 Å². The first-order valence-electron chi connectivity index (χ1n) is 7.23. The molecule has 0 unspecified atom stereocenters. The van der Waals surface area contributed by atoms with Crippen LogP contribution in [0.2, 0.25) is 5.02 Å². The average molecular weight is 335 g/mol. The first-order chi connectivity index (χ1) is 11.1. The van der Waals surface area contributed by atoms with Crippen molar-refractivity contribution in [2.45, 2.75) is 6.92 Å². The molecule has 0 saturated heterocycles. The molecule has 0 bridgehead atoms. The van der Waals surface area contributed by atoms with Crippen molar-refractivity contribution in [1.82, 2.24) is 0 Å². The van der Waals surface area contributed by atoms with Crippen LogP contribution in [0.25, 0.3) is 0 Å². The lowest BCUT2D eigenvalue weighted by Crippen LogP contribution is -2.22. The minimum absolute atomic E-state index is 0.119. The highest BCUT2D eigenvalue weighted by atomic mass is 35.5. The van der Waals surface area contributed by atoms with Gasteiger partial charge in [-0.3, -0.25) is 4.79 Å². The summed E-state index contributed by atoms with van der Waals surface area (Å²) in [6, 6.07) is 12.6. The van der Waals surface area contributed by atoms with Crippen LogP contribution in [0.4, 0.5) is 11.4 Å². The molecule has 2 aromatic carbocycles. The number of rotatable bonds is 7. The second-order valence-corrected chi connectivity index (χ2v) is 5.09. The largest absolute Gasteiger partial charge is 0.495 e. The topological polar surface area (TPSA) is 59.6 Å². The highest BCUT2D eigenvalue weighted by Crippen LogP contribution is 2.27. The van der Waals surface area contributed by atoms with Gasteiger partial charge in [-0.2, -0.15) is 0 Å². The molecule has 2 aromatic rings. The Morgan fingerprint density at radius 1 is 1.17 bits per heavy atom. The number of nitrogens with one attached hydrogen (secondary N) is 2. The lowest BCUT2D eigenvalue weighted by molar-refractivity contribution is -0.114. The molecule has 0 heterocycles. The standard InChI is InChI=1S/C17H19ClN2O3/c1-3-23-16-7-5-4-6-14(16)19-11-17(21)20-12-8-9-15(22-2)13(18)10-12/h4-10,19H,3,11H2,1-2H3,(H,20,21). The number of halogens is 1. The second kappa shape index (κ2) is 8.29. The summed E-state index contributed by atoms with van der Waals surface area (Å²) in [5.41, 5.74) is 1.39. The molecule has 0 fully saturated rings. The number of carbonyl (C=O) groups is 1. The zero-order valence-electron chi connectivity index (χ0n) is 13.1. The van der Waals surface area contributed by atoms with Crippen molar-refractivity contribution in [2.75, 3.05) is 30.9 Å². The van der Waals surface area contributed by atoms with Gasteiger partial charge in [-0.15, -0.1) is 0 Å². The van der Waals surface area contributed by atoms with Gasteiger partial charge in [-0.1, -0.05) is 23.7 Å². The molecule has 2 N–H and O–H groups in total. The van der Waals surface area contributed by atoms with Crippen LogP contribution in [0.15, 0.2) is 42.5 Å². The summed E-state index contributed by atoms with van der Waals surface area (Å²) in [7, 11) is 1.54. The Kier molecular flexibility index (Phi) is 6.11. The first-order valence-corrected chi connectivity index (χ1v) is 7.61. The van der Waals surface area contributed by atoms with Crippen LogP contribution < -0.4 is 20.1 Å². The van der Waals surface area contributed by atoms with Crippen LogP contribution in [0.5, 0.6) is 11.5 Å². The van der Waals surface area contributed by atoms with Gasteiger partial charge in [0.25, 0.3) is 0 Å². The SMILES string of the molecule is CCOc1ccccc1NCC(=O)Nc1ccc(OC)c(Cl)c1. The van der Waals surface area contributed by atoms with Crippen molar-refractivity contribution in [3.8, 4) is 11.5 Å². The van der Waals surface area contributed by atoms with Crippen LogP contribution in [0.1, 0.15) is 6.92 Å². The third-order valence-corrected chi connectivity index (χ3v) is 3.36. The van der Waals surface area contributed by atoms with E-state index < -0.39 is 0 Å². The molecule has 0 aliphatic carbocycles. The van der Waals surface area contributed by atoms with Gasteiger partial charge >= 0.3 is 0 Å². The molecule has 0 saturated carbocycles. The highest BCUT2D eigenvalue weighted by molar-refractivity contribution is 6.32. The number of methoxy groups -OCH3 is 1. The fourth-order valence-electron chi connectivity index (χ4n) is 2.02. The van der Waals surface area contributed by atoms with Crippen LogP contribution in [0, 0.1) is 0 Å². The molecule has 0 aliphatic rings. The fraction of sp³-hybridized carbons (Fsp3) is 0.235. The summed E-state index contributed by atoms with van der Waals surface area (Å²) in [6.07, 6.45) is 0. The minimum Gasteiger partial charge on any atom is -0.495 e. The maximum Gasteiger partial charge on any atom is 0.243 e. The number of carbonyl (C=O) groups excluding carboxylic acids is 1. The van der Waals surface area contributed by atoms with Crippen molar-refractivity contribution in [3.05, 3.63) is 47.5 Å². The van der Waals surface area contributed by atoms with Gasteiger partial charge in [0.05, 0.1) is 31.0 Å². The van der Waals surface area contributed by atoms with Crippen LogP contribution >= 0.6 is 11.6 Å². The number of anilines is 2. The van der Waals surface area contributed by atoms with E-state index >= 15 is 0 Å². The van der Waals surface area contributed by atoms with E-state index in [4.69, 9.17) is 21.1 Å². The first kappa shape index (κ1) is 17.0. The molecule has 0 aromatic heterocycles. The third-order valence-electron chi connectivity index (χ3n) is 3.06. The lowest BCUT2D eigenvalue weighted by Gasteiger charge is -2.12. The third kappa shape index (κ3) is 4.79. The van der Waals surface area contributed by atoms with E-state index in [1.807, 2.05) is 31.2 Å². The van der Waals surface area contributed by atoms with Gasteiger partial charge < -0.3 is 20.1 Å². The number of hydrogen-bond donors (Lipinski definition) is 2. The Morgan fingerprint density at radius 3 is 2.65 bits per heavy atom. The molecular weight excluding hydrogens is 316 g/mol. The van der Waals surface area contributed by atoms with Gasteiger partial charge in [0.2, 0.25) is 5.91 Å². The van der Waals surface area contributed by atoms with Gasteiger partial charge in [0, 0.05) is 5.69 Å². The monoisotopic (exact) mass is 334 g/mol. The maximum atomic E-state index is 12.0. The highest BCUT2D eigenvalue weighted by Gasteiger charge is 2.07. The normalized spacial score (nSPS) is 10.0. The van der Waals surface area contributed by atoms with Gasteiger partial charge in [-0.25, -0.2) is 0 Å². The lowest BCUT2D eigenvalue weighted by atomic mass is 10.3. The zero-order chi connectivity index (χ0) is 16.7. The zero-order valence-corrected chi connectivity index (χ0v) is 13.8. The maximum absolute atomic E-state index is 12.0. The molecule has 0 spiro atoms. The van der Waals surface area contributed by atoms with Gasteiger partial charge in [0.15, 0.2) is 0 Å². The molecular formula is C17H19ClN2O3. The van der Waals surface area contributed by atoms with E-state index in [1.54, 1.807) is 25.3 Å². The Balaban J connectivity index is 1.94. The number of benzene rings is 2. The Morgan fingerprint density at radius 2 is 1.96 bits per heavy atom. The summed E-state index contributed by atoms with van der Waals surface area (Å²) in [4.78, 5) is 12.0. The van der Waals surface area contributed by atoms with Crippen molar-refractivity contribution in [2.24, 2.45) is 0 Å². The molecule has 6 heteroatoms. The van der Waals surface area contributed by atoms with E-state index in [9.17, 15) is 4.79 Å². The number of amides is 1. The number of ether oxygens (including phenoxy) is 2. The summed E-state index contributed by atoms with van der Waals surface area (Å²) < 4.78 is 10.6. The minimum atomic E-state index is -0.183. The van der Waals surface area contributed by atoms with E-state index in [0.29, 0.717) is 23.1 Å². The summed E-state index contributed by atoms with van der Waals surface area (Å²) in [5.74, 6) is 1.10. The second-order valence-electron chi connectivity index (χ2n) is 4.68. The van der Waals surface area contributed by atoms with Gasteiger partial charge in [0.1, 0.15) is 11.5 Å². The Bertz CT molecular complexity index is 677. The predicted molar refractivity (Wildman–Crippen MR) is 92.7 cm³/mol. The molecule has 23 heavy (non-hydrogen) atoms. The quantitative estimate of drug-likeness (QED) is 0.808. The van der Waals surface area contributed by atoms with E-state index in [-0.39, 0.29) is 12.5 Å². The Hall–Kier alpha value is -2.40. The predicted octanol–water partition coefficient (Wildman–Crippen LogP) is 3.80. The molecule has 0 atom stereocenters.